The molecular formula is C12H26O. The van der Waals surface area contributed by atoms with Gasteiger partial charge in [-0.3, -0.25) is 0 Å². The second kappa shape index (κ2) is 7.37. The van der Waals surface area contributed by atoms with Crippen molar-refractivity contribution in [3.05, 3.63) is 0 Å². The molecule has 0 aromatic rings. The largest absolute Gasteiger partial charge is 0.393 e. The lowest BCUT2D eigenvalue weighted by atomic mass is 9.81. The minimum atomic E-state index is 0.00569. The van der Waals surface area contributed by atoms with E-state index in [-0.39, 0.29) is 6.10 Å². The van der Waals surface area contributed by atoms with E-state index >= 15 is 0 Å². The van der Waals surface area contributed by atoms with Gasteiger partial charge in [-0.05, 0) is 31.1 Å². The fourth-order valence-corrected chi connectivity index (χ4v) is 2.07. The van der Waals surface area contributed by atoms with Gasteiger partial charge in [0.25, 0.3) is 0 Å². The van der Waals surface area contributed by atoms with E-state index in [0.29, 0.717) is 5.92 Å². The summed E-state index contributed by atoms with van der Waals surface area (Å²) >= 11 is 0. The molecule has 0 radical (unpaired) electrons. The summed E-state index contributed by atoms with van der Waals surface area (Å²) in [4.78, 5) is 0. The molecular weight excluding hydrogens is 160 g/mol. The fraction of sp³-hybridized carbons (Fsp3) is 1.00. The van der Waals surface area contributed by atoms with Crippen LogP contribution < -0.4 is 0 Å². The number of rotatable bonds is 2. The molecule has 0 bridgehead atoms. The summed E-state index contributed by atoms with van der Waals surface area (Å²) in [5.74, 6) is 1.34. The van der Waals surface area contributed by atoms with Gasteiger partial charge in [0.1, 0.15) is 0 Å². The van der Waals surface area contributed by atoms with Crippen LogP contribution in [-0.2, 0) is 0 Å². The fourth-order valence-electron chi connectivity index (χ4n) is 2.07. The van der Waals surface area contributed by atoms with Crippen LogP contribution >= 0.6 is 0 Å². The summed E-state index contributed by atoms with van der Waals surface area (Å²) in [6.45, 7) is 8.47. The molecule has 1 heteroatoms. The van der Waals surface area contributed by atoms with E-state index in [1.165, 1.54) is 25.7 Å². The summed E-state index contributed by atoms with van der Waals surface area (Å²) in [5, 5.41) is 9.62. The maximum absolute atomic E-state index is 9.62. The molecule has 2 atom stereocenters. The Labute approximate surface area is 83.5 Å². The first kappa shape index (κ1) is 13.0. The molecule has 1 aliphatic carbocycles. The van der Waals surface area contributed by atoms with Crippen LogP contribution in [0.3, 0.4) is 0 Å². The minimum absolute atomic E-state index is 0.00569. The van der Waals surface area contributed by atoms with Gasteiger partial charge in [0.05, 0.1) is 6.10 Å². The van der Waals surface area contributed by atoms with E-state index in [4.69, 9.17) is 0 Å². The van der Waals surface area contributed by atoms with Crippen molar-refractivity contribution in [3.8, 4) is 0 Å². The van der Waals surface area contributed by atoms with E-state index in [1.54, 1.807) is 0 Å². The first-order valence-corrected chi connectivity index (χ1v) is 5.88. The van der Waals surface area contributed by atoms with Crippen molar-refractivity contribution < 1.29 is 5.11 Å². The van der Waals surface area contributed by atoms with Gasteiger partial charge in [-0.2, -0.15) is 0 Å². The molecule has 0 spiro atoms. The maximum atomic E-state index is 9.62. The Morgan fingerprint density at radius 1 is 1.15 bits per heavy atom. The Balaban J connectivity index is 0.000000671. The van der Waals surface area contributed by atoms with Gasteiger partial charge in [-0.25, -0.2) is 0 Å². The lowest BCUT2D eigenvalue weighted by molar-refractivity contribution is 0.0587. The van der Waals surface area contributed by atoms with Gasteiger partial charge in [0.2, 0.25) is 0 Å². The van der Waals surface area contributed by atoms with Crippen molar-refractivity contribution in [1.82, 2.24) is 0 Å². The van der Waals surface area contributed by atoms with E-state index in [1.807, 2.05) is 13.8 Å². The molecule has 0 heterocycles. The monoisotopic (exact) mass is 186 g/mol. The number of hydrogen-bond acceptors (Lipinski definition) is 1. The summed E-state index contributed by atoms with van der Waals surface area (Å²) in [6.07, 6.45) is 6.06. The Bertz CT molecular complexity index is 110. The highest BCUT2D eigenvalue weighted by Gasteiger charge is 2.23. The molecule has 1 nitrogen and oxygen atoms in total. The normalized spacial score (nSPS) is 28.2. The predicted octanol–water partition coefficient (Wildman–Crippen LogP) is 3.61. The SMILES string of the molecule is CC.CC(C)CC1CCCCC1O. The smallest absolute Gasteiger partial charge is 0.0568 e. The van der Waals surface area contributed by atoms with Crippen LogP contribution in [0.2, 0.25) is 0 Å². The third kappa shape index (κ3) is 5.30. The maximum Gasteiger partial charge on any atom is 0.0568 e. The molecule has 1 N–H and O–H groups in total. The van der Waals surface area contributed by atoms with Gasteiger partial charge in [0.15, 0.2) is 0 Å². The van der Waals surface area contributed by atoms with Crippen LogP contribution in [0.4, 0.5) is 0 Å². The van der Waals surface area contributed by atoms with Crippen molar-refractivity contribution in [2.45, 2.75) is 65.9 Å². The van der Waals surface area contributed by atoms with Crippen LogP contribution in [0.5, 0.6) is 0 Å². The average Bonchev–Trinajstić information content (AvgIpc) is 2.12. The van der Waals surface area contributed by atoms with Crippen molar-refractivity contribution in [3.63, 3.8) is 0 Å². The molecule has 0 aromatic heterocycles. The van der Waals surface area contributed by atoms with Crippen LogP contribution in [0.15, 0.2) is 0 Å². The summed E-state index contributed by atoms with van der Waals surface area (Å²) in [6, 6.07) is 0. The molecule has 2 unspecified atom stereocenters. The quantitative estimate of drug-likeness (QED) is 0.698. The minimum Gasteiger partial charge on any atom is -0.393 e. The highest BCUT2D eigenvalue weighted by molar-refractivity contribution is 4.74. The topological polar surface area (TPSA) is 20.2 Å². The summed E-state index contributed by atoms with van der Waals surface area (Å²) < 4.78 is 0. The van der Waals surface area contributed by atoms with Crippen LogP contribution in [0.25, 0.3) is 0 Å². The standard InChI is InChI=1S/C10H20O.C2H6/c1-8(2)7-9-5-3-4-6-10(9)11;1-2/h8-11H,3-7H2,1-2H3;1-2H3. The van der Waals surface area contributed by atoms with Gasteiger partial charge in [0, 0.05) is 0 Å². The Morgan fingerprint density at radius 2 is 1.69 bits per heavy atom. The molecule has 1 saturated carbocycles. The van der Waals surface area contributed by atoms with E-state index in [2.05, 4.69) is 13.8 Å². The van der Waals surface area contributed by atoms with E-state index < -0.39 is 0 Å². The third-order valence-corrected chi connectivity index (χ3v) is 2.64. The molecule has 13 heavy (non-hydrogen) atoms. The summed E-state index contributed by atoms with van der Waals surface area (Å²) in [5.41, 5.74) is 0. The Kier molecular flexibility index (Phi) is 7.35. The number of hydrogen-bond donors (Lipinski definition) is 1. The molecule has 0 saturated heterocycles. The second-order valence-corrected chi connectivity index (χ2v) is 4.24. The number of aliphatic hydroxyl groups is 1. The van der Waals surface area contributed by atoms with Crippen LogP contribution in [0, 0.1) is 11.8 Å². The van der Waals surface area contributed by atoms with Crippen LogP contribution in [0.1, 0.15) is 59.8 Å². The first-order chi connectivity index (χ1) is 6.20. The third-order valence-electron chi connectivity index (χ3n) is 2.64. The lowest BCUT2D eigenvalue weighted by Gasteiger charge is -2.28. The van der Waals surface area contributed by atoms with Crippen molar-refractivity contribution in [1.29, 1.82) is 0 Å². The molecule has 0 aliphatic heterocycles. The zero-order valence-electron chi connectivity index (χ0n) is 9.71. The summed E-state index contributed by atoms with van der Waals surface area (Å²) in [7, 11) is 0. The number of aliphatic hydroxyl groups excluding tert-OH is 1. The van der Waals surface area contributed by atoms with Gasteiger partial charge >= 0.3 is 0 Å². The molecule has 1 rings (SSSR count). The molecule has 0 aromatic carbocycles. The van der Waals surface area contributed by atoms with Gasteiger partial charge < -0.3 is 5.11 Å². The van der Waals surface area contributed by atoms with Crippen molar-refractivity contribution >= 4 is 0 Å². The van der Waals surface area contributed by atoms with Crippen molar-refractivity contribution in [2.75, 3.05) is 0 Å². The zero-order chi connectivity index (χ0) is 10.3. The van der Waals surface area contributed by atoms with Crippen molar-refractivity contribution in [2.24, 2.45) is 11.8 Å². The highest BCUT2D eigenvalue weighted by atomic mass is 16.3. The Hall–Kier alpha value is -0.0400. The molecule has 1 aliphatic rings. The van der Waals surface area contributed by atoms with Gasteiger partial charge in [-0.1, -0.05) is 40.5 Å². The molecule has 1 fully saturated rings. The van der Waals surface area contributed by atoms with E-state index in [9.17, 15) is 5.11 Å². The predicted molar refractivity (Wildman–Crippen MR) is 58.8 cm³/mol. The lowest BCUT2D eigenvalue weighted by Crippen LogP contribution is -2.25. The highest BCUT2D eigenvalue weighted by Crippen LogP contribution is 2.29. The zero-order valence-corrected chi connectivity index (χ0v) is 9.71. The Morgan fingerprint density at radius 3 is 2.15 bits per heavy atom. The molecule has 80 valence electrons. The first-order valence-electron chi connectivity index (χ1n) is 5.88. The van der Waals surface area contributed by atoms with Crippen LogP contribution in [-0.4, -0.2) is 11.2 Å². The van der Waals surface area contributed by atoms with Gasteiger partial charge in [-0.15, -0.1) is 0 Å². The second-order valence-electron chi connectivity index (χ2n) is 4.24. The average molecular weight is 186 g/mol. The van der Waals surface area contributed by atoms with E-state index in [0.717, 1.165) is 12.3 Å². The molecule has 0 amide bonds.